The van der Waals surface area contributed by atoms with Gasteiger partial charge in [0.25, 0.3) is 5.91 Å². The summed E-state index contributed by atoms with van der Waals surface area (Å²) in [5.41, 5.74) is 3.07. The highest BCUT2D eigenvalue weighted by Crippen LogP contribution is 2.30. The van der Waals surface area contributed by atoms with Gasteiger partial charge in [-0.05, 0) is 30.1 Å². The molecule has 3 aromatic rings. The number of H-pyrrole nitrogens is 1. The van der Waals surface area contributed by atoms with Gasteiger partial charge in [0.1, 0.15) is 19.4 Å². The zero-order valence-electron chi connectivity index (χ0n) is 17.2. The fraction of sp³-hybridized carbons (Fsp3) is 0.273. The molecular weight excluding hydrogens is 399 g/mol. The van der Waals surface area contributed by atoms with E-state index in [-0.39, 0.29) is 12.5 Å². The van der Waals surface area contributed by atoms with Crippen LogP contribution in [-0.2, 0) is 0 Å². The second-order valence-electron chi connectivity index (χ2n) is 7.82. The topological polar surface area (TPSA) is 90.0 Å². The van der Waals surface area contributed by atoms with Gasteiger partial charge in [-0.2, -0.15) is 0 Å². The first-order chi connectivity index (χ1) is 14.2. The maximum absolute atomic E-state index is 12.7. The van der Waals surface area contributed by atoms with E-state index in [1.165, 1.54) is 6.20 Å². The van der Waals surface area contributed by atoms with Gasteiger partial charge in [0.15, 0.2) is 0 Å². The minimum atomic E-state index is -0.642. The number of hydrogen-bond donors (Lipinski definition) is 4. The number of amides is 1. The fourth-order valence-electron chi connectivity index (χ4n) is 3.10. The van der Waals surface area contributed by atoms with Crippen molar-refractivity contribution in [2.45, 2.75) is 32.3 Å². The third-order valence-corrected chi connectivity index (χ3v) is 4.78. The molecule has 1 atom stereocenters. The van der Waals surface area contributed by atoms with Crippen molar-refractivity contribution < 1.29 is 9.90 Å². The number of hydrogen-bond acceptors (Lipinski definition) is 4. The Hall–Kier alpha value is -2.77. The molecule has 2 radical (unpaired) electrons. The lowest BCUT2D eigenvalue weighted by Crippen LogP contribution is -2.31. The summed E-state index contributed by atoms with van der Waals surface area (Å²) in [5, 5.41) is 16.1. The largest absolute Gasteiger partial charge is 0.394 e. The van der Waals surface area contributed by atoms with E-state index in [2.05, 4.69) is 20.6 Å². The minimum absolute atomic E-state index is 0.206. The van der Waals surface area contributed by atoms with E-state index in [1.807, 2.05) is 45.0 Å². The van der Waals surface area contributed by atoms with Crippen LogP contribution in [0.2, 0.25) is 5.02 Å². The predicted molar refractivity (Wildman–Crippen MR) is 121 cm³/mol. The van der Waals surface area contributed by atoms with Crippen LogP contribution >= 0.6 is 11.6 Å². The van der Waals surface area contributed by atoms with Crippen molar-refractivity contribution >= 4 is 31.2 Å². The first kappa shape index (κ1) is 21.9. The molecule has 0 fully saturated rings. The number of aromatic amines is 1. The molecule has 0 spiro atoms. The second kappa shape index (κ2) is 8.94. The summed E-state index contributed by atoms with van der Waals surface area (Å²) in [4.78, 5) is 19.9. The molecule has 2 heterocycles. The van der Waals surface area contributed by atoms with Gasteiger partial charge in [-0.1, -0.05) is 55.3 Å². The van der Waals surface area contributed by atoms with Crippen LogP contribution in [0.1, 0.15) is 41.5 Å². The third kappa shape index (κ3) is 5.43. The molecule has 0 bridgehead atoms. The molecule has 8 heteroatoms. The molecule has 154 valence electrons. The summed E-state index contributed by atoms with van der Waals surface area (Å²) in [6.07, 6.45) is 3.24. The van der Waals surface area contributed by atoms with Crippen LogP contribution in [0.4, 0.5) is 5.82 Å². The van der Waals surface area contributed by atoms with E-state index in [0.717, 1.165) is 16.7 Å². The lowest BCUT2D eigenvalue weighted by molar-refractivity contribution is 0.0911. The summed E-state index contributed by atoms with van der Waals surface area (Å²) in [6, 6.07) is 10.7. The van der Waals surface area contributed by atoms with Gasteiger partial charge in [0, 0.05) is 23.5 Å². The number of pyridine rings is 1. The highest BCUT2D eigenvalue weighted by Gasteiger charge is 2.18. The van der Waals surface area contributed by atoms with Crippen LogP contribution in [0.5, 0.6) is 0 Å². The van der Waals surface area contributed by atoms with Crippen molar-refractivity contribution in [3.05, 3.63) is 70.6 Å². The first-order valence-electron chi connectivity index (χ1n) is 9.56. The fourth-order valence-corrected chi connectivity index (χ4v) is 3.31. The van der Waals surface area contributed by atoms with Crippen LogP contribution in [0, 0.1) is 6.92 Å². The van der Waals surface area contributed by atoms with Crippen molar-refractivity contribution in [1.29, 1.82) is 0 Å². The molecule has 4 N–H and O–H groups in total. The molecule has 30 heavy (non-hydrogen) atoms. The number of aliphatic hydroxyl groups is 1. The summed E-state index contributed by atoms with van der Waals surface area (Å²) in [6.45, 7) is 5.41. The minimum Gasteiger partial charge on any atom is -0.394 e. The molecule has 0 aliphatic heterocycles. The number of aromatic nitrogens is 2. The standard InChI is InChI=1S/C22H24BClN4O2/c1-13-5-4-6-14(7-13)19(12-29)27-21(30)18-8-15(10-25-18)16-9-20(26-11-17(16)24)28-22(2,3)23/h4-11,19,25,29H,12H2,1-3H3,(H,26,28)(H,27,30)/t19-/m1/s1. The summed E-state index contributed by atoms with van der Waals surface area (Å²) < 4.78 is 0. The molecule has 0 unspecified atom stereocenters. The molecule has 1 aromatic carbocycles. The second-order valence-corrected chi connectivity index (χ2v) is 8.23. The van der Waals surface area contributed by atoms with Gasteiger partial charge in [0.2, 0.25) is 0 Å². The van der Waals surface area contributed by atoms with Gasteiger partial charge >= 0.3 is 0 Å². The summed E-state index contributed by atoms with van der Waals surface area (Å²) in [5.74, 6) is 0.252. The molecule has 0 saturated carbocycles. The number of nitrogens with zero attached hydrogens (tertiary/aromatic N) is 1. The summed E-state index contributed by atoms with van der Waals surface area (Å²) >= 11 is 6.32. The van der Waals surface area contributed by atoms with Crippen molar-refractivity contribution in [1.82, 2.24) is 15.3 Å². The van der Waals surface area contributed by atoms with Gasteiger partial charge in [0.05, 0.1) is 17.7 Å². The van der Waals surface area contributed by atoms with E-state index in [4.69, 9.17) is 19.4 Å². The maximum atomic E-state index is 12.7. The van der Waals surface area contributed by atoms with E-state index in [1.54, 1.807) is 18.3 Å². The quantitative estimate of drug-likeness (QED) is 0.436. The Bertz CT molecular complexity index is 1050. The average Bonchev–Trinajstić information content (AvgIpc) is 3.16. The molecular formula is C22H24BClN4O2. The van der Waals surface area contributed by atoms with Gasteiger partial charge < -0.3 is 20.7 Å². The first-order valence-corrected chi connectivity index (χ1v) is 9.94. The molecule has 6 nitrogen and oxygen atoms in total. The van der Waals surface area contributed by atoms with Crippen molar-refractivity contribution in [2.24, 2.45) is 0 Å². The highest BCUT2D eigenvalue weighted by atomic mass is 35.5. The van der Waals surface area contributed by atoms with Crippen molar-refractivity contribution in [2.75, 3.05) is 11.9 Å². The van der Waals surface area contributed by atoms with E-state index in [9.17, 15) is 9.90 Å². The Balaban J connectivity index is 1.80. The van der Waals surface area contributed by atoms with Gasteiger partial charge in [-0.3, -0.25) is 4.79 Å². The summed E-state index contributed by atoms with van der Waals surface area (Å²) in [7, 11) is 5.99. The Kier molecular flexibility index (Phi) is 6.53. The van der Waals surface area contributed by atoms with Crippen LogP contribution in [0.3, 0.4) is 0 Å². The Morgan fingerprint density at radius 3 is 2.77 bits per heavy atom. The van der Waals surface area contributed by atoms with Gasteiger partial charge in [-0.25, -0.2) is 4.98 Å². The number of carbonyl (C=O) groups excluding carboxylic acids is 1. The number of carbonyl (C=O) groups is 1. The molecule has 1 amide bonds. The lowest BCUT2D eigenvalue weighted by atomic mass is 9.82. The molecule has 0 aliphatic carbocycles. The molecule has 0 saturated heterocycles. The number of halogens is 1. The number of anilines is 1. The Morgan fingerprint density at radius 2 is 2.10 bits per heavy atom. The molecule has 2 aromatic heterocycles. The van der Waals surface area contributed by atoms with E-state index in [0.29, 0.717) is 22.1 Å². The van der Waals surface area contributed by atoms with Crippen LogP contribution < -0.4 is 10.6 Å². The van der Waals surface area contributed by atoms with Crippen LogP contribution in [0.15, 0.2) is 48.8 Å². The number of aliphatic hydroxyl groups excluding tert-OH is 1. The number of aryl methyl sites for hydroxylation is 1. The third-order valence-electron chi connectivity index (χ3n) is 4.48. The van der Waals surface area contributed by atoms with Gasteiger partial charge in [-0.15, -0.1) is 0 Å². The normalized spacial score (nSPS) is 12.4. The smallest absolute Gasteiger partial charge is 0.268 e. The van der Waals surface area contributed by atoms with Crippen molar-refractivity contribution in [3.63, 3.8) is 0 Å². The number of benzene rings is 1. The zero-order chi connectivity index (χ0) is 21.9. The predicted octanol–water partition coefficient (Wildman–Crippen LogP) is 3.82. The zero-order valence-corrected chi connectivity index (χ0v) is 17.9. The number of rotatable bonds is 7. The highest BCUT2D eigenvalue weighted by molar-refractivity contribution is 6.33. The molecule has 0 aliphatic rings. The van der Waals surface area contributed by atoms with Crippen molar-refractivity contribution in [3.8, 4) is 11.1 Å². The Morgan fingerprint density at radius 1 is 1.33 bits per heavy atom. The van der Waals surface area contributed by atoms with Crippen LogP contribution in [0.25, 0.3) is 11.1 Å². The molecule has 3 rings (SSSR count). The monoisotopic (exact) mass is 422 g/mol. The Labute approximate surface area is 182 Å². The van der Waals surface area contributed by atoms with Crippen LogP contribution in [-0.4, -0.2) is 40.9 Å². The lowest BCUT2D eigenvalue weighted by Gasteiger charge is -2.22. The average molecular weight is 423 g/mol. The van der Waals surface area contributed by atoms with E-state index >= 15 is 0 Å². The van der Waals surface area contributed by atoms with E-state index < -0.39 is 11.5 Å². The SMILES string of the molecule is [B]C(C)(C)Nc1cc(-c2c[nH]c(C(=O)N[C@H](CO)c3cccc(C)c3)c2)c(Cl)cn1. The maximum Gasteiger partial charge on any atom is 0.268 e. The number of nitrogens with one attached hydrogen (secondary N) is 3.